The maximum atomic E-state index is 12.0. The first-order valence-electron chi connectivity index (χ1n) is 11.2. The van der Waals surface area contributed by atoms with Crippen LogP contribution >= 0.6 is 15.9 Å². The molecule has 8 heteroatoms. The average molecular weight is 572 g/mol. The van der Waals surface area contributed by atoms with Crippen molar-refractivity contribution < 1.29 is 13.2 Å². The van der Waals surface area contributed by atoms with Crippen LogP contribution < -0.4 is 9.44 Å². The van der Waals surface area contributed by atoms with Gasteiger partial charge in [-0.2, -0.15) is 0 Å². The third-order valence-corrected chi connectivity index (χ3v) is 8.68. The predicted molar refractivity (Wildman–Crippen MR) is 149 cm³/mol. The van der Waals surface area contributed by atoms with E-state index >= 15 is 0 Å². The van der Waals surface area contributed by atoms with Crippen LogP contribution in [0.5, 0.6) is 0 Å². The summed E-state index contributed by atoms with van der Waals surface area (Å²) < 4.78 is 30.6. The van der Waals surface area contributed by atoms with Gasteiger partial charge < -0.3 is 0 Å². The van der Waals surface area contributed by atoms with Gasteiger partial charge in [0.1, 0.15) is 0 Å². The standard InChI is InChI=1S/C14H21NO2S.C12H18BrNOS/c1-10(15-18(17)14(3,4)5)12-7-6-8-13(9-12)11(2)16;1-9(14-16(15)12(2,3)4)10-6-5-7-11(13)8-10/h6-10,15H,1-5H3;5-9,14H,1-4H3/t10-,18+;9-,16+/m11/s1. The number of halogens is 1. The SMILES string of the molecule is CC(=O)c1cccc([C@@H](C)N[S@@](=O)C(C)(C)C)c1.C[C@@H](N[S@@](=O)C(C)(C)C)c1cccc(Br)c1. The van der Waals surface area contributed by atoms with Gasteiger partial charge in [-0.15, -0.1) is 0 Å². The van der Waals surface area contributed by atoms with Gasteiger partial charge in [0.2, 0.25) is 0 Å². The average Bonchev–Trinajstić information content (AvgIpc) is 2.72. The number of nitrogens with one attached hydrogen (secondary N) is 2. The summed E-state index contributed by atoms with van der Waals surface area (Å²) in [4.78, 5) is 11.3. The van der Waals surface area contributed by atoms with Gasteiger partial charge in [0.25, 0.3) is 0 Å². The fourth-order valence-electron chi connectivity index (χ4n) is 2.61. The van der Waals surface area contributed by atoms with Crippen LogP contribution in [-0.4, -0.2) is 23.7 Å². The topological polar surface area (TPSA) is 75.3 Å². The Hall–Kier alpha value is -1.19. The van der Waals surface area contributed by atoms with Crippen LogP contribution in [0.2, 0.25) is 0 Å². The van der Waals surface area contributed by atoms with Gasteiger partial charge in [0, 0.05) is 22.1 Å². The zero-order valence-corrected chi connectivity index (χ0v) is 24.9. The summed E-state index contributed by atoms with van der Waals surface area (Å²) in [6.45, 7) is 17.2. The lowest BCUT2D eigenvalue weighted by Crippen LogP contribution is -2.34. The molecule has 0 bridgehead atoms. The van der Waals surface area contributed by atoms with Crippen molar-refractivity contribution in [2.24, 2.45) is 0 Å². The van der Waals surface area contributed by atoms with Gasteiger partial charge in [-0.05, 0) is 91.6 Å². The molecule has 0 unspecified atom stereocenters. The van der Waals surface area contributed by atoms with E-state index in [2.05, 4.69) is 25.4 Å². The van der Waals surface area contributed by atoms with Gasteiger partial charge in [-0.25, -0.2) is 17.9 Å². The van der Waals surface area contributed by atoms with Crippen molar-refractivity contribution in [1.82, 2.24) is 9.44 Å². The summed E-state index contributed by atoms with van der Waals surface area (Å²) in [5.41, 5.74) is 2.79. The molecule has 34 heavy (non-hydrogen) atoms. The number of benzene rings is 2. The highest BCUT2D eigenvalue weighted by Crippen LogP contribution is 2.20. The van der Waals surface area contributed by atoms with E-state index in [1.165, 1.54) is 0 Å². The molecule has 2 aromatic rings. The lowest BCUT2D eigenvalue weighted by Gasteiger charge is -2.22. The van der Waals surface area contributed by atoms with Crippen LogP contribution in [0.25, 0.3) is 0 Å². The molecule has 0 amide bonds. The zero-order valence-electron chi connectivity index (χ0n) is 21.7. The maximum absolute atomic E-state index is 12.0. The smallest absolute Gasteiger partial charge is 0.159 e. The van der Waals surface area contributed by atoms with Crippen molar-refractivity contribution in [3.8, 4) is 0 Å². The van der Waals surface area contributed by atoms with Crippen molar-refractivity contribution in [3.05, 3.63) is 69.7 Å². The van der Waals surface area contributed by atoms with Gasteiger partial charge in [-0.1, -0.05) is 46.3 Å². The molecule has 0 aliphatic heterocycles. The molecule has 0 aliphatic carbocycles. The first kappa shape index (κ1) is 30.8. The summed E-state index contributed by atoms with van der Waals surface area (Å²) in [6.07, 6.45) is 0. The van der Waals surface area contributed by atoms with E-state index in [0.717, 1.165) is 15.6 Å². The molecule has 0 spiro atoms. The fourth-order valence-corrected chi connectivity index (χ4v) is 4.65. The van der Waals surface area contributed by atoms with E-state index in [1.54, 1.807) is 13.0 Å². The third kappa shape index (κ3) is 10.6. The quantitative estimate of drug-likeness (QED) is 0.370. The Labute approximate surface area is 219 Å². The van der Waals surface area contributed by atoms with Crippen LogP contribution in [0.15, 0.2) is 53.0 Å². The first-order valence-corrected chi connectivity index (χ1v) is 14.3. The van der Waals surface area contributed by atoms with Gasteiger partial charge in [-0.3, -0.25) is 4.79 Å². The van der Waals surface area contributed by atoms with E-state index in [9.17, 15) is 13.2 Å². The van der Waals surface area contributed by atoms with Crippen molar-refractivity contribution >= 4 is 43.7 Å². The molecule has 0 heterocycles. The lowest BCUT2D eigenvalue weighted by atomic mass is 10.0. The van der Waals surface area contributed by atoms with Crippen LogP contribution in [0.3, 0.4) is 0 Å². The number of Topliss-reactive ketones (excluding diaryl/α,β-unsaturated/α-hetero) is 1. The molecule has 190 valence electrons. The third-order valence-electron chi connectivity index (χ3n) is 4.82. The monoisotopic (exact) mass is 570 g/mol. The molecular formula is C26H39BrN2O3S2. The fraction of sp³-hybridized carbons (Fsp3) is 0.500. The molecular weight excluding hydrogens is 532 g/mol. The second-order valence-electron chi connectivity index (χ2n) is 10.2. The first-order chi connectivity index (χ1) is 15.5. The summed E-state index contributed by atoms with van der Waals surface area (Å²) in [6, 6.07) is 15.5. The number of ketones is 1. The number of carbonyl (C=O) groups excluding carboxylic acids is 1. The molecule has 0 aliphatic rings. The number of hydrogen-bond donors (Lipinski definition) is 2. The number of hydrogen-bond acceptors (Lipinski definition) is 3. The molecule has 0 saturated carbocycles. The molecule has 0 radical (unpaired) electrons. The Morgan fingerprint density at radius 3 is 1.59 bits per heavy atom. The zero-order chi connectivity index (χ0) is 26.3. The van der Waals surface area contributed by atoms with E-state index in [0.29, 0.717) is 5.56 Å². The second kappa shape index (κ2) is 13.2. The maximum Gasteiger partial charge on any atom is 0.159 e. The highest BCUT2D eigenvalue weighted by atomic mass is 79.9. The van der Waals surface area contributed by atoms with Crippen molar-refractivity contribution in [3.63, 3.8) is 0 Å². The lowest BCUT2D eigenvalue weighted by molar-refractivity contribution is 0.101. The van der Waals surface area contributed by atoms with Crippen LogP contribution in [0.4, 0.5) is 0 Å². The molecule has 2 aromatic carbocycles. The summed E-state index contributed by atoms with van der Waals surface area (Å²) in [5.74, 6) is 0.0426. The largest absolute Gasteiger partial charge is 0.295 e. The molecule has 4 atom stereocenters. The normalized spacial score (nSPS) is 15.5. The molecule has 5 nitrogen and oxygen atoms in total. The van der Waals surface area contributed by atoms with Gasteiger partial charge in [0.15, 0.2) is 5.78 Å². The Balaban J connectivity index is 0.000000342. The van der Waals surface area contributed by atoms with E-state index in [-0.39, 0.29) is 27.4 Å². The van der Waals surface area contributed by atoms with Crippen molar-refractivity contribution in [1.29, 1.82) is 0 Å². The Bertz CT molecular complexity index is 1010. The highest BCUT2D eigenvalue weighted by molar-refractivity contribution is 9.10. The minimum absolute atomic E-state index is 0.0426. The van der Waals surface area contributed by atoms with Crippen molar-refractivity contribution in [2.75, 3.05) is 0 Å². The van der Waals surface area contributed by atoms with E-state index in [1.807, 2.05) is 97.9 Å². The Morgan fingerprint density at radius 1 is 0.794 bits per heavy atom. The van der Waals surface area contributed by atoms with Gasteiger partial charge >= 0.3 is 0 Å². The molecule has 0 fully saturated rings. The van der Waals surface area contributed by atoms with Crippen LogP contribution in [-0.2, 0) is 22.0 Å². The predicted octanol–water partition coefficient (Wildman–Crippen LogP) is 6.56. The molecule has 0 saturated heterocycles. The number of rotatable bonds is 7. The second-order valence-corrected chi connectivity index (χ2v) is 15.1. The van der Waals surface area contributed by atoms with Crippen molar-refractivity contribution in [2.45, 2.75) is 83.9 Å². The molecule has 2 rings (SSSR count). The number of carbonyl (C=O) groups is 1. The highest BCUT2D eigenvalue weighted by Gasteiger charge is 2.22. The Kier molecular flexibility index (Phi) is 12.0. The minimum atomic E-state index is -1.12. The van der Waals surface area contributed by atoms with Gasteiger partial charge in [0.05, 0.1) is 31.5 Å². The van der Waals surface area contributed by atoms with Crippen LogP contribution in [0.1, 0.15) is 95.9 Å². The Morgan fingerprint density at radius 2 is 1.21 bits per heavy atom. The summed E-state index contributed by atoms with van der Waals surface area (Å²) in [7, 11) is -2.16. The molecule has 2 N–H and O–H groups in total. The van der Waals surface area contributed by atoms with E-state index < -0.39 is 22.0 Å². The molecule has 0 aromatic heterocycles. The summed E-state index contributed by atoms with van der Waals surface area (Å²) >= 11 is 3.43. The van der Waals surface area contributed by atoms with Crippen LogP contribution in [0, 0.1) is 0 Å². The summed E-state index contributed by atoms with van der Waals surface area (Å²) in [5, 5.41) is 0. The van der Waals surface area contributed by atoms with E-state index in [4.69, 9.17) is 0 Å². The minimum Gasteiger partial charge on any atom is -0.295 e.